The summed E-state index contributed by atoms with van der Waals surface area (Å²) in [6, 6.07) is 24.4. The number of methoxy groups -OCH3 is 1. The predicted molar refractivity (Wildman–Crippen MR) is 114 cm³/mol. The number of aryl methyl sites for hydroxylation is 1. The second kappa shape index (κ2) is 9.66. The summed E-state index contributed by atoms with van der Waals surface area (Å²) in [4.78, 5) is 24.5. The number of ether oxygens (including phenoxy) is 1. The van der Waals surface area contributed by atoms with Gasteiger partial charge in [0.15, 0.2) is 0 Å². The van der Waals surface area contributed by atoms with Gasteiger partial charge in [0.25, 0.3) is 5.91 Å². The van der Waals surface area contributed by atoms with Crippen molar-refractivity contribution in [3.63, 3.8) is 0 Å². The van der Waals surface area contributed by atoms with Crippen LogP contribution in [0.15, 0.2) is 78.9 Å². The maximum absolute atomic E-state index is 12.7. The molecule has 0 unspecified atom stereocenters. The zero-order chi connectivity index (χ0) is 20.6. The van der Waals surface area contributed by atoms with E-state index in [1.807, 2.05) is 73.7 Å². The molecule has 2 N–H and O–H groups in total. The Bertz CT molecular complexity index is 972. The molecule has 0 saturated carbocycles. The highest BCUT2D eigenvalue weighted by Gasteiger charge is 2.20. The maximum Gasteiger partial charge on any atom is 0.319 e. The summed E-state index contributed by atoms with van der Waals surface area (Å²) in [5.74, 6) is -0.538. The highest BCUT2D eigenvalue weighted by Crippen LogP contribution is 2.30. The highest BCUT2D eigenvalue weighted by atomic mass is 16.5. The Labute approximate surface area is 170 Å². The van der Waals surface area contributed by atoms with Crippen LogP contribution in [-0.4, -0.2) is 25.5 Å². The molecule has 0 aromatic heterocycles. The summed E-state index contributed by atoms with van der Waals surface area (Å²) in [6.45, 7) is 2.05. The fraction of sp³-hybridized carbons (Fsp3) is 0.167. The lowest BCUT2D eigenvalue weighted by Gasteiger charge is -2.23. The predicted octanol–water partition coefficient (Wildman–Crippen LogP) is 4.10. The third-order valence-electron chi connectivity index (χ3n) is 4.61. The molecule has 3 aromatic rings. The van der Waals surface area contributed by atoms with E-state index >= 15 is 0 Å². The normalized spacial score (nSPS) is 11.5. The summed E-state index contributed by atoms with van der Waals surface area (Å²) in [5.41, 5.74) is 4.19. The number of hydrogen-bond donors (Lipinski definition) is 2. The van der Waals surface area contributed by atoms with Crippen molar-refractivity contribution in [2.45, 2.75) is 13.0 Å². The van der Waals surface area contributed by atoms with Gasteiger partial charge in [-0.3, -0.25) is 14.9 Å². The molecule has 0 aliphatic heterocycles. The number of rotatable bonds is 7. The lowest BCUT2D eigenvalue weighted by atomic mass is 9.95. The van der Waals surface area contributed by atoms with E-state index in [4.69, 9.17) is 4.74 Å². The number of carbonyl (C=O) groups excluding carboxylic acids is 2. The first-order valence-corrected chi connectivity index (χ1v) is 9.40. The number of carbonyl (C=O) groups is 2. The minimum atomic E-state index is -0.353. The molecular weight excluding hydrogens is 364 g/mol. The van der Waals surface area contributed by atoms with Crippen molar-refractivity contribution in [1.82, 2.24) is 5.32 Å². The van der Waals surface area contributed by atoms with Crippen molar-refractivity contribution >= 4 is 17.6 Å². The van der Waals surface area contributed by atoms with Crippen molar-refractivity contribution in [3.05, 3.63) is 101 Å². The molecule has 0 heterocycles. The molecule has 0 bridgehead atoms. The van der Waals surface area contributed by atoms with E-state index in [1.54, 1.807) is 12.1 Å². The van der Waals surface area contributed by atoms with Gasteiger partial charge in [-0.05, 0) is 36.2 Å². The van der Waals surface area contributed by atoms with E-state index in [1.165, 1.54) is 7.11 Å². The monoisotopic (exact) mass is 388 g/mol. The molecular formula is C24H24N2O3. The van der Waals surface area contributed by atoms with Gasteiger partial charge in [-0.25, -0.2) is 0 Å². The van der Waals surface area contributed by atoms with Crippen LogP contribution in [0.4, 0.5) is 5.69 Å². The first kappa shape index (κ1) is 20.3. The maximum atomic E-state index is 12.7. The smallest absolute Gasteiger partial charge is 0.319 e. The largest absolute Gasteiger partial charge is 0.468 e. The van der Waals surface area contributed by atoms with E-state index in [0.29, 0.717) is 11.3 Å². The summed E-state index contributed by atoms with van der Waals surface area (Å²) in [7, 11) is 1.36. The van der Waals surface area contributed by atoms with Crippen LogP contribution in [0.25, 0.3) is 0 Å². The van der Waals surface area contributed by atoms with Gasteiger partial charge in [-0.1, -0.05) is 66.2 Å². The zero-order valence-electron chi connectivity index (χ0n) is 16.5. The quantitative estimate of drug-likeness (QED) is 0.598. The Morgan fingerprint density at radius 1 is 0.931 bits per heavy atom. The van der Waals surface area contributed by atoms with Gasteiger partial charge in [0.1, 0.15) is 0 Å². The number of esters is 1. The van der Waals surface area contributed by atoms with Gasteiger partial charge in [0, 0.05) is 11.3 Å². The second-order valence-corrected chi connectivity index (χ2v) is 6.71. The van der Waals surface area contributed by atoms with Crippen molar-refractivity contribution in [1.29, 1.82) is 0 Å². The van der Waals surface area contributed by atoms with Crippen LogP contribution < -0.4 is 10.6 Å². The fourth-order valence-electron chi connectivity index (χ4n) is 3.13. The van der Waals surface area contributed by atoms with Crippen LogP contribution >= 0.6 is 0 Å². The molecule has 0 aliphatic carbocycles. The van der Waals surface area contributed by atoms with Crippen molar-refractivity contribution in [3.8, 4) is 0 Å². The molecule has 5 heteroatoms. The van der Waals surface area contributed by atoms with Gasteiger partial charge >= 0.3 is 5.97 Å². The lowest BCUT2D eigenvalue weighted by Crippen LogP contribution is -2.30. The van der Waals surface area contributed by atoms with Gasteiger partial charge in [0.05, 0.1) is 19.7 Å². The zero-order valence-corrected chi connectivity index (χ0v) is 16.5. The van der Waals surface area contributed by atoms with E-state index < -0.39 is 0 Å². The van der Waals surface area contributed by atoms with Gasteiger partial charge in [-0.2, -0.15) is 0 Å². The van der Waals surface area contributed by atoms with Crippen LogP contribution in [-0.2, 0) is 9.53 Å². The number of hydrogen-bond acceptors (Lipinski definition) is 4. The Morgan fingerprint density at radius 3 is 2.24 bits per heavy atom. The van der Waals surface area contributed by atoms with Gasteiger partial charge in [0.2, 0.25) is 0 Å². The minimum absolute atomic E-state index is 0.0517. The molecule has 0 aliphatic rings. The van der Waals surface area contributed by atoms with Crippen molar-refractivity contribution in [2.75, 3.05) is 19.0 Å². The summed E-state index contributed by atoms with van der Waals surface area (Å²) in [6.07, 6.45) is 0. The highest BCUT2D eigenvalue weighted by molar-refractivity contribution is 6.04. The molecule has 148 valence electrons. The lowest BCUT2D eigenvalue weighted by molar-refractivity contribution is -0.139. The fourth-order valence-corrected chi connectivity index (χ4v) is 3.13. The molecule has 0 saturated heterocycles. The minimum Gasteiger partial charge on any atom is -0.468 e. The van der Waals surface area contributed by atoms with Crippen LogP contribution in [0.3, 0.4) is 0 Å². The molecule has 0 radical (unpaired) electrons. The van der Waals surface area contributed by atoms with E-state index in [9.17, 15) is 9.59 Å². The van der Waals surface area contributed by atoms with Gasteiger partial charge < -0.3 is 10.1 Å². The molecule has 3 aromatic carbocycles. The van der Waals surface area contributed by atoms with Crippen LogP contribution in [0.2, 0.25) is 0 Å². The topological polar surface area (TPSA) is 67.4 Å². The average molecular weight is 388 g/mol. The van der Waals surface area contributed by atoms with E-state index in [-0.39, 0.29) is 24.5 Å². The van der Waals surface area contributed by atoms with Gasteiger partial charge in [-0.15, -0.1) is 0 Å². The third-order valence-corrected chi connectivity index (χ3v) is 4.61. The molecule has 5 nitrogen and oxygen atoms in total. The van der Waals surface area contributed by atoms with Crippen LogP contribution in [0.5, 0.6) is 0 Å². The first-order chi connectivity index (χ1) is 14.1. The van der Waals surface area contributed by atoms with E-state index in [0.717, 1.165) is 16.7 Å². The molecule has 1 atom stereocenters. The third kappa shape index (κ3) is 5.30. The first-order valence-electron chi connectivity index (χ1n) is 9.40. The van der Waals surface area contributed by atoms with Crippen LogP contribution in [0, 0.1) is 6.92 Å². The molecule has 29 heavy (non-hydrogen) atoms. The molecule has 3 rings (SSSR count). The Balaban J connectivity index is 1.97. The standard InChI is InChI=1S/C24H24N2O3/c1-17-13-14-21(26-24(28)19-11-7-4-8-12-19)20(15-17)23(25-16-22(27)29-2)18-9-5-3-6-10-18/h3-15,23,25H,16H2,1-2H3,(H,26,28)/t23-/m1/s1. The number of amides is 1. The molecule has 1 amide bonds. The van der Waals surface area contributed by atoms with Crippen molar-refractivity contribution < 1.29 is 14.3 Å². The summed E-state index contributed by atoms with van der Waals surface area (Å²) < 4.78 is 4.78. The Hall–Kier alpha value is -3.44. The number of anilines is 1. The second-order valence-electron chi connectivity index (χ2n) is 6.71. The number of nitrogens with one attached hydrogen (secondary N) is 2. The summed E-state index contributed by atoms with van der Waals surface area (Å²) in [5, 5.41) is 6.27. The molecule has 0 spiro atoms. The average Bonchev–Trinajstić information content (AvgIpc) is 2.76. The SMILES string of the molecule is COC(=O)CN[C@H](c1ccccc1)c1cc(C)ccc1NC(=O)c1ccccc1. The molecule has 0 fully saturated rings. The Morgan fingerprint density at radius 2 is 1.59 bits per heavy atom. The van der Waals surface area contributed by atoms with Crippen molar-refractivity contribution in [2.24, 2.45) is 0 Å². The van der Waals surface area contributed by atoms with E-state index in [2.05, 4.69) is 10.6 Å². The Kier molecular flexibility index (Phi) is 6.76. The summed E-state index contributed by atoms with van der Waals surface area (Å²) >= 11 is 0. The number of benzene rings is 3. The van der Waals surface area contributed by atoms with Crippen LogP contribution in [0.1, 0.15) is 33.1 Å².